The van der Waals surface area contributed by atoms with E-state index in [1.165, 1.54) is 56.9 Å². The Balaban J connectivity index is 1.38. The second-order valence-corrected chi connectivity index (χ2v) is 10.2. The van der Waals surface area contributed by atoms with Gasteiger partial charge in [-0.05, 0) is 63.6 Å². The zero-order valence-corrected chi connectivity index (χ0v) is 18.0. The Morgan fingerprint density at radius 1 is 1.07 bits per heavy atom. The van der Waals surface area contributed by atoms with E-state index in [0.717, 1.165) is 19.5 Å². The van der Waals surface area contributed by atoms with Crippen LogP contribution in [0.3, 0.4) is 0 Å². The van der Waals surface area contributed by atoms with Crippen LogP contribution < -0.4 is 5.32 Å². The molecule has 1 saturated carbocycles. The average Bonchev–Trinajstić information content (AvgIpc) is 2.82. The van der Waals surface area contributed by atoms with E-state index in [0.29, 0.717) is 36.6 Å². The van der Waals surface area contributed by atoms with Crippen LogP contribution >= 0.6 is 0 Å². The van der Waals surface area contributed by atoms with Gasteiger partial charge in [-0.25, -0.2) is 0 Å². The third kappa shape index (κ3) is 3.63. The summed E-state index contributed by atoms with van der Waals surface area (Å²) >= 11 is 0. The maximum absolute atomic E-state index is 13.7. The van der Waals surface area contributed by atoms with E-state index in [1.54, 1.807) is 0 Å². The highest BCUT2D eigenvalue weighted by molar-refractivity contribution is 5.80. The van der Waals surface area contributed by atoms with Gasteiger partial charge in [0.1, 0.15) is 0 Å². The van der Waals surface area contributed by atoms with Crippen LogP contribution in [0.1, 0.15) is 63.9 Å². The van der Waals surface area contributed by atoms with Crippen LogP contribution in [-0.2, 0) is 11.2 Å². The fraction of sp³-hybridized carbons (Fsp3) is 0.720. The third-order valence-corrected chi connectivity index (χ3v) is 8.39. The summed E-state index contributed by atoms with van der Waals surface area (Å²) in [7, 11) is 0. The Kier molecular flexibility index (Phi) is 5.42. The highest BCUT2D eigenvalue weighted by atomic mass is 16.2. The Hall–Kier alpha value is -1.39. The summed E-state index contributed by atoms with van der Waals surface area (Å²) in [5.74, 6) is 0.396. The van der Waals surface area contributed by atoms with Gasteiger partial charge in [-0.3, -0.25) is 9.69 Å². The second-order valence-electron chi connectivity index (χ2n) is 10.2. The maximum Gasteiger partial charge on any atom is 0.237 e. The SMILES string of the molecule is C[C@@]12C[C@H]3[C@@H](Cc4ccccc4)N[C@@H]1CCC[C@@H]2N3C(=O)CN1CCCCCC1. The molecule has 4 heteroatoms. The number of carbonyl (C=O) groups excluding carboxylic acids is 1. The lowest BCUT2D eigenvalue weighted by Gasteiger charge is -2.46. The molecule has 4 nitrogen and oxygen atoms in total. The minimum absolute atomic E-state index is 0.255. The van der Waals surface area contributed by atoms with Gasteiger partial charge in [0.15, 0.2) is 0 Å². The molecule has 29 heavy (non-hydrogen) atoms. The summed E-state index contributed by atoms with van der Waals surface area (Å²) in [6.45, 7) is 5.28. The highest BCUT2D eigenvalue weighted by Crippen LogP contribution is 2.53. The number of fused-ring (bicyclic) bond motifs is 1. The second kappa shape index (κ2) is 8.03. The van der Waals surface area contributed by atoms with Crippen molar-refractivity contribution < 1.29 is 4.79 Å². The summed E-state index contributed by atoms with van der Waals surface area (Å²) in [6.07, 6.45) is 11.0. The zero-order valence-electron chi connectivity index (χ0n) is 18.0. The van der Waals surface area contributed by atoms with E-state index < -0.39 is 0 Å². The quantitative estimate of drug-likeness (QED) is 0.846. The van der Waals surface area contributed by atoms with Gasteiger partial charge in [-0.2, -0.15) is 0 Å². The van der Waals surface area contributed by atoms with Crippen LogP contribution in [0.15, 0.2) is 30.3 Å². The number of piperidine rings is 1. The molecule has 0 spiro atoms. The molecular formula is C25H37N3O. The fourth-order valence-corrected chi connectivity index (χ4v) is 6.89. The molecule has 3 heterocycles. The first kappa shape index (κ1) is 19.6. The van der Waals surface area contributed by atoms with Crippen molar-refractivity contribution in [2.24, 2.45) is 5.41 Å². The van der Waals surface area contributed by atoms with Gasteiger partial charge in [-0.1, -0.05) is 50.1 Å². The van der Waals surface area contributed by atoms with E-state index in [1.807, 2.05) is 0 Å². The first-order valence-corrected chi connectivity index (χ1v) is 12.0. The third-order valence-electron chi connectivity index (χ3n) is 8.39. The summed E-state index contributed by atoms with van der Waals surface area (Å²) in [5.41, 5.74) is 1.64. The summed E-state index contributed by atoms with van der Waals surface area (Å²) in [4.78, 5) is 18.5. The first-order valence-electron chi connectivity index (χ1n) is 12.0. The lowest BCUT2D eigenvalue weighted by Crippen LogP contribution is -2.58. The number of nitrogens with one attached hydrogen (secondary N) is 1. The Morgan fingerprint density at radius 2 is 1.83 bits per heavy atom. The molecular weight excluding hydrogens is 358 g/mol. The van der Waals surface area contributed by atoms with Crippen LogP contribution in [0, 0.1) is 5.41 Å². The van der Waals surface area contributed by atoms with Gasteiger partial charge in [0.05, 0.1) is 6.54 Å². The molecule has 1 aromatic rings. The smallest absolute Gasteiger partial charge is 0.237 e. The molecule has 0 radical (unpaired) electrons. The average molecular weight is 396 g/mol. The highest BCUT2D eigenvalue weighted by Gasteiger charge is 2.60. The number of carbonyl (C=O) groups is 1. The van der Waals surface area contributed by atoms with E-state index in [-0.39, 0.29) is 5.41 Å². The molecule has 4 fully saturated rings. The van der Waals surface area contributed by atoms with Crippen LogP contribution in [0.2, 0.25) is 0 Å². The maximum atomic E-state index is 13.7. The van der Waals surface area contributed by atoms with Crippen molar-refractivity contribution in [3.63, 3.8) is 0 Å². The van der Waals surface area contributed by atoms with Gasteiger partial charge in [0, 0.05) is 29.6 Å². The number of rotatable bonds is 4. The summed E-state index contributed by atoms with van der Waals surface area (Å²) in [5, 5.41) is 4.03. The summed E-state index contributed by atoms with van der Waals surface area (Å²) < 4.78 is 0. The van der Waals surface area contributed by atoms with Crippen molar-refractivity contribution in [1.29, 1.82) is 0 Å². The van der Waals surface area contributed by atoms with E-state index in [9.17, 15) is 4.79 Å². The normalized spacial score (nSPS) is 37.3. The fourth-order valence-electron chi connectivity index (χ4n) is 6.89. The van der Waals surface area contributed by atoms with Crippen molar-refractivity contribution >= 4 is 5.91 Å². The minimum Gasteiger partial charge on any atom is -0.333 e. The molecule has 0 aromatic heterocycles. The topological polar surface area (TPSA) is 35.6 Å². The van der Waals surface area contributed by atoms with Crippen LogP contribution in [0.5, 0.6) is 0 Å². The standard InChI is InChI=1S/C25H37N3O/c1-25-17-21-20(16-19-10-5-4-6-11-19)26-22(25)12-9-13-23(25)28(21)24(29)18-27-14-7-2-3-8-15-27/h4-6,10-11,20-23,26H,2-3,7-9,12-18H2,1H3/t20-,21+,22-,23+,25-/m1/s1. The van der Waals surface area contributed by atoms with E-state index >= 15 is 0 Å². The van der Waals surface area contributed by atoms with Crippen molar-refractivity contribution in [1.82, 2.24) is 15.1 Å². The Bertz CT molecular complexity index is 714. The Labute approximate surface area is 176 Å². The summed E-state index contributed by atoms with van der Waals surface area (Å²) in [6, 6.07) is 12.6. The van der Waals surface area contributed by atoms with Crippen molar-refractivity contribution in [2.45, 2.75) is 88.9 Å². The van der Waals surface area contributed by atoms with Crippen LogP contribution in [0.25, 0.3) is 0 Å². The van der Waals surface area contributed by atoms with Crippen molar-refractivity contribution in [3.05, 3.63) is 35.9 Å². The lowest BCUT2D eigenvalue weighted by molar-refractivity contribution is -0.136. The monoisotopic (exact) mass is 395 g/mol. The first-order chi connectivity index (χ1) is 14.1. The molecule has 158 valence electrons. The predicted octanol–water partition coefficient (Wildman–Crippen LogP) is 3.61. The van der Waals surface area contributed by atoms with Gasteiger partial charge in [0.2, 0.25) is 5.91 Å². The van der Waals surface area contributed by atoms with Crippen LogP contribution in [0.4, 0.5) is 0 Å². The van der Waals surface area contributed by atoms with Gasteiger partial charge < -0.3 is 10.2 Å². The molecule has 1 amide bonds. The molecule has 5 atom stereocenters. The molecule has 2 bridgehead atoms. The molecule has 0 unspecified atom stereocenters. The van der Waals surface area contributed by atoms with Crippen molar-refractivity contribution in [2.75, 3.05) is 19.6 Å². The zero-order chi connectivity index (χ0) is 19.8. The Morgan fingerprint density at radius 3 is 2.59 bits per heavy atom. The molecule has 4 aliphatic rings. The molecule has 1 aromatic carbocycles. The van der Waals surface area contributed by atoms with Crippen molar-refractivity contribution in [3.8, 4) is 0 Å². The largest absolute Gasteiger partial charge is 0.333 e. The number of benzene rings is 1. The molecule has 1 N–H and O–H groups in total. The van der Waals surface area contributed by atoms with Crippen LogP contribution in [-0.4, -0.2) is 59.5 Å². The van der Waals surface area contributed by atoms with Gasteiger partial charge >= 0.3 is 0 Å². The number of hydrogen-bond acceptors (Lipinski definition) is 3. The minimum atomic E-state index is 0.255. The molecule has 1 aliphatic carbocycles. The van der Waals surface area contributed by atoms with Gasteiger partial charge in [0.25, 0.3) is 0 Å². The lowest BCUT2D eigenvalue weighted by atomic mass is 9.65. The van der Waals surface area contributed by atoms with E-state index in [4.69, 9.17) is 0 Å². The number of amides is 1. The predicted molar refractivity (Wildman–Crippen MR) is 117 cm³/mol. The number of hydrogen-bond donors (Lipinski definition) is 1. The molecule has 5 rings (SSSR count). The molecule has 3 saturated heterocycles. The molecule has 3 aliphatic heterocycles. The van der Waals surface area contributed by atoms with E-state index in [2.05, 4.69) is 52.4 Å². The number of likely N-dealkylation sites (tertiary alicyclic amines) is 2. The van der Waals surface area contributed by atoms with Gasteiger partial charge in [-0.15, -0.1) is 0 Å². The number of nitrogens with zero attached hydrogens (tertiary/aromatic N) is 2.